The van der Waals surface area contributed by atoms with Crippen molar-refractivity contribution in [1.29, 1.82) is 0 Å². The summed E-state index contributed by atoms with van der Waals surface area (Å²) in [5.41, 5.74) is -2.26. The second-order valence-corrected chi connectivity index (χ2v) is 7.17. The van der Waals surface area contributed by atoms with E-state index >= 15 is 0 Å². The molecule has 0 unspecified atom stereocenters. The van der Waals surface area contributed by atoms with Gasteiger partial charge in [-0.1, -0.05) is 0 Å². The van der Waals surface area contributed by atoms with Gasteiger partial charge >= 0.3 is 11.7 Å². The van der Waals surface area contributed by atoms with Crippen LogP contribution in [-0.2, 0) is 11.8 Å². The van der Waals surface area contributed by atoms with Crippen molar-refractivity contribution in [3.05, 3.63) is 45.6 Å². The summed E-state index contributed by atoms with van der Waals surface area (Å²) in [4.78, 5) is 24.3. The standard InChI is InChI=1S/C17H19F2N3O3/c1-17(2,3)25-15(23)10-7-12(19)13(8-11(10)18)22-16(24)21(4)14(20-22)9-5-6-9/h7-9H,5-6H2,1-4H3. The summed E-state index contributed by atoms with van der Waals surface area (Å²) in [6, 6.07) is 1.52. The molecule has 1 aromatic heterocycles. The zero-order valence-electron chi connectivity index (χ0n) is 14.5. The first kappa shape index (κ1) is 17.3. The Balaban J connectivity index is 2.03. The highest BCUT2D eigenvalue weighted by Gasteiger charge is 2.31. The van der Waals surface area contributed by atoms with Crippen molar-refractivity contribution in [3.8, 4) is 5.69 Å². The first-order valence-electron chi connectivity index (χ1n) is 7.97. The molecule has 3 rings (SSSR count). The third kappa shape index (κ3) is 3.33. The van der Waals surface area contributed by atoms with Gasteiger partial charge in [-0.25, -0.2) is 18.4 Å². The molecule has 0 aliphatic heterocycles. The molecule has 1 saturated carbocycles. The Bertz CT molecular complexity index is 905. The molecule has 1 aliphatic rings. The van der Waals surface area contributed by atoms with Gasteiger partial charge in [0.15, 0.2) is 0 Å². The zero-order valence-corrected chi connectivity index (χ0v) is 14.5. The minimum atomic E-state index is -0.976. The highest BCUT2D eigenvalue weighted by atomic mass is 19.1. The van der Waals surface area contributed by atoms with E-state index in [4.69, 9.17) is 4.74 Å². The molecule has 6 nitrogen and oxygen atoms in total. The summed E-state index contributed by atoms with van der Waals surface area (Å²) < 4.78 is 36.0. The van der Waals surface area contributed by atoms with Crippen LogP contribution in [0.3, 0.4) is 0 Å². The number of nitrogens with zero attached hydrogens (tertiary/aromatic N) is 3. The first-order valence-corrected chi connectivity index (χ1v) is 7.97. The van der Waals surface area contributed by atoms with E-state index in [-0.39, 0.29) is 11.6 Å². The van der Waals surface area contributed by atoms with Crippen molar-refractivity contribution in [2.75, 3.05) is 0 Å². The van der Waals surface area contributed by atoms with Gasteiger partial charge in [0.1, 0.15) is 28.7 Å². The Labute approximate surface area is 143 Å². The van der Waals surface area contributed by atoms with Crippen LogP contribution in [0.1, 0.15) is 55.7 Å². The van der Waals surface area contributed by atoms with Crippen LogP contribution in [0.5, 0.6) is 0 Å². The van der Waals surface area contributed by atoms with Crippen LogP contribution in [0, 0.1) is 11.6 Å². The summed E-state index contributed by atoms with van der Waals surface area (Å²) in [5.74, 6) is -2.16. The van der Waals surface area contributed by atoms with E-state index in [0.717, 1.165) is 29.7 Å². The van der Waals surface area contributed by atoms with Crippen molar-refractivity contribution < 1.29 is 18.3 Å². The van der Waals surface area contributed by atoms with E-state index in [1.807, 2.05) is 0 Å². The fourth-order valence-corrected chi connectivity index (χ4v) is 2.49. The molecule has 0 spiro atoms. The van der Waals surface area contributed by atoms with E-state index in [9.17, 15) is 18.4 Å². The molecule has 1 heterocycles. The van der Waals surface area contributed by atoms with Crippen molar-refractivity contribution in [3.63, 3.8) is 0 Å². The van der Waals surface area contributed by atoms with Crippen molar-refractivity contribution in [2.24, 2.45) is 7.05 Å². The van der Waals surface area contributed by atoms with Crippen LogP contribution in [-0.4, -0.2) is 25.9 Å². The number of carbonyl (C=O) groups excluding carboxylic acids is 1. The van der Waals surface area contributed by atoms with E-state index in [2.05, 4.69) is 5.10 Å². The Hall–Kier alpha value is -2.51. The normalized spacial score (nSPS) is 14.6. The number of benzene rings is 1. The molecular formula is C17H19F2N3O3. The maximum Gasteiger partial charge on any atom is 0.350 e. The van der Waals surface area contributed by atoms with Gasteiger partial charge in [-0.2, -0.15) is 4.68 Å². The smallest absolute Gasteiger partial charge is 0.350 e. The predicted octanol–water partition coefficient (Wildman–Crippen LogP) is 2.68. The summed E-state index contributed by atoms with van der Waals surface area (Å²) in [5, 5.41) is 4.12. The second kappa shape index (κ2) is 5.79. The summed E-state index contributed by atoms with van der Waals surface area (Å²) in [6.07, 6.45) is 1.83. The molecule has 2 aromatic rings. The number of esters is 1. The molecule has 0 bridgehead atoms. The maximum atomic E-state index is 14.5. The van der Waals surface area contributed by atoms with Gasteiger partial charge in [0.05, 0.1) is 5.56 Å². The van der Waals surface area contributed by atoms with Gasteiger partial charge in [-0.05, 0) is 39.7 Å². The summed E-state index contributed by atoms with van der Waals surface area (Å²) in [7, 11) is 1.54. The largest absolute Gasteiger partial charge is 0.456 e. The monoisotopic (exact) mass is 351 g/mol. The number of hydrogen-bond donors (Lipinski definition) is 0. The molecule has 0 atom stereocenters. The number of aromatic nitrogens is 3. The third-order valence-corrected chi connectivity index (χ3v) is 3.84. The SMILES string of the molecule is Cn1c(C2CC2)nn(-c2cc(F)c(C(=O)OC(C)(C)C)cc2F)c1=O. The molecule has 1 aliphatic carbocycles. The number of ether oxygens (including phenoxy) is 1. The second-order valence-electron chi connectivity index (χ2n) is 7.17. The van der Waals surface area contributed by atoms with Gasteiger partial charge in [-0.3, -0.25) is 4.57 Å². The molecule has 1 fully saturated rings. The van der Waals surface area contributed by atoms with E-state index in [1.165, 1.54) is 4.57 Å². The lowest BCUT2D eigenvalue weighted by atomic mass is 10.1. The van der Waals surface area contributed by atoms with Crippen molar-refractivity contribution in [1.82, 2.24) is 14.3 Å². The Morgan fingerprint density at radius 3 is 2.44 bits per heavy atom. The lowest BCUT2D eigenvalue weighted by Gasteiger charge is -2.19. The Morgan fingerprint density at radius 2 is 1.88 bits per heavy atom. The molecule has 8 heteroatoms. The Morgan fingerprint density at radius 1 is 1.24 bits per heavy atom. The van der Waals surface area contributed by atoms with Gasteiger partial charge in [0.25, 0.3) is 0 Å². The first-order chi connectivity index (χ1) is 11.6. The molecule has 0 N–H and O–H groups in total. The molecule has 0 radical (unpaired) electrons. The number of halogens is 2. The van der Waals surface area contributed by atoms with Gasteiger partial charge in [0.2, 0.25) is 0 Å². The van der Waals surface area contributed by atoms with Gasteiger partial charge in [-0.15, -0.1) is 5.10 Å². The lowest BCUT2D eigenvalue weighted by Crippen LogP contribution is -2.25. The van der Waals surface area contributed by atoms with Crippen LogP contribution in [0.2, 0.25) is 0 Å². The molecule has 134 valence electrons. The minimum absolute atomic E-state index is 0.174. The lowest BCUT2D eigenvalue weighted by molar-refractivity contribution is 0.00641. The summed E-state index contributed by atoms with van der Waals surface area (Å²) >= 11 is 0. The van der Waals surface area contributed by atoms with Crippen LogP contribution in [0.15, 0.2) is 16.9 Å². The third-order valence-electron chi connectivity index (χ3n) is 3.84. The van der Waals surface area contributed by atoms with Gasteiger partial charge < -0.3 is 4.74 Å². The van der Waals surface area contributed by atoms with Crippen molar-refractivity contribution >= 4 is 5.97 Å². The topological polar surface area (TPSA) is 66.1 Å². The number of carbonyl (C=O) groups is 1. The average Bonchev–Trinajstić information content (AvgIpc) is 3.28. The maximum absolute atomic E-state index is 14.5. The zero-order chi connectivity index (χ0) is 18.5. The highest BCUT2D eigenvalue weighted by molar-refractivity contribution is 5.90. The fourth-order valence-electron chi connectivity index (χ4n) is 2.49. The van der Waals surface area contributed by atoms with E-state index < -0.39 is 34.5 Å². The highest BCUT2D eigenvalue weighted by Crippen LogP contribution is 2.38. The molecule has 0 saturated heterocycles. The molecular weight excluding hydrogens is 332 g/mol. The van der Waals surface area contributed by atoms with Crippen LogP contribution < -0.4 is 5.69 Å². The fraction of sp³-hybridized carbons (Fsp3) is 0.471. The van der Waals surface area contributed by atoms with Crippen molar-refractivity contribution in [2.45, 2.75) is 45.1 Å². The minimum Gasteiger partial charge on any atom is -0.456 e. The van der Waals surface area contributed by atoms with Crippen LogP contribution >= 0.6 is 0 Å². The molecule has 0 amide bonds. The molecule has 25 heavy (non-hydrogen) atoms. The Kier molecular flexibility index (Phi) is 4.01. The predicted molar refractivity (Wildman–Crippen MR) is 85.9 cm³/mol. The summed E-state index contributed by atoms with van der Waals surface area (Å²) in [6.45, 7) is 4.88. The van der Waals surface area contributed by atoms with Gasteiger partial charge in [0, 0.05) is 19.0 Å². The van der Waals surface area contributed by atoms with Crippen LogP contribution in [0.25, 0.3) is 5.69 Å². The number of rotatable bonds is 3. The quantitative estimate of drug-likeness (QED) is 0.798. The average molecular weight is 351 g/mol. The van der Waals surface area contributed by atoms with E-state index in [0.29, 0.717) is 5.82 Å². The molecule has 1 aromatic carbocycles. The van der Waals surface area contributed by atoms with E-state index in [1.54, 1.807) is 27.8 Å². The van der Waals surface area contributed by atoms with Crippen LogP contribution in [0.4, 0.5) is 8.78 Å². The number of hydrogen-bond acceptors (Lipinski definition) is 4.